The molecule has 11 heteroatoms. The molecule has 2 aromatic rings. The lowest BCUT2D eigenvalue weighted by Gasteiger charge is -2.16. The van der Waals surface area contributed by atoms with Crippen molar-refractivity contribution in [2.75, 3.05) is 32.8 Å². The minimum absolute atomic E-state index is 0.00148. The van der Waals surface area contributed by atoms with Crippen molar-refractivity contribution >= 4 is 23.9 Å². The molecule has 11 nitrogen and oxygen atoms in total. The summed E-state index contributed by atoms with van der Waals surface area (Å²) in [4.78, 5) is 40.1. The van der Waals surface area contributed by atoms with Gasteiger partial charge in [-0.25, -0.2) is 9.59 Å². The summed E-state index contributed by atoms with van der Waals surface area (Å²) in [5.74, 6) is -0.419. The number of ether oxygens (including phenoxy) is 2. The van der Waals surface area contributed by atoms with Gasteiger partial charge in [0.2, 0.25) is 0 Å². The summed E-state index contributed by atoms with van der Waals surface area (Å²) in [5, 5.41) is 20.4. The number of carbonyl (C=O) groups is 3. The summed E-state index contributed by atoms with van der Waals surface area (Å²) in [7, 11) is 0. The molecule has 0 aromatic heterocycles. The Morgan fingerprint density at radius 2 is 1.86 bits per heavy atom. The summed E-state index contributed by atoms with van der Waals surface area (Å²) in [6.45, 7) is 2.39. The van der Waals surface area contributed by atoms with Gasteiger partial charge in [-0.2, -0.15) is 0 Å². The highest BCUT2D eigenvalue weighted by atomic mass is 16.5. The molecule has 3 rings (SSSR count). The van der Waals surface area contributed by atoms with E-state index in [1.54, 1.807) is 48.5 Å². The van der Waals surface area contributed by atoms with Crippen LogP contribution in [0.3, 0.4) is 0 Å². The second-order valence-electron chi connectivity index (χ2n) is 7.62. The quantitative estimate of drug-likeness (QED) is 0.298. The summed E-state index contributed by atoms with van der Waals surface area (Å²) in [5.41, 5.74) is 1.09. The zero-order chi connectivity index (χ0) is 24.9. The first-order valence-corrected chi connectivity index (χ1v) is 11.2. The average Bonchev–Trinajstić information content (AvgIpc) is 2.89. The lowest BCUT2D eigenvalue weighted by Crippen LogP contribution is -2.48. The van der Waals surface area contributed by atoms with Crippen molar-refractivity contribution in [1.82, 2.24) is 21.3 Å². The van der Waals surface area contributed by atoms with Crippen molar-refractivity contribution in [3.8, 4) is 5.75 Å². The van der Waals surface area contributed by atoms with E-state index in [2.05, 4.69) is 26.3 Å². The maximum absolute atomic E-state index is 12.4. The standard InChI is InChI=1S/C24H29N5O6/c30-21(18-7-9-19(10-8-18)34-14-13-27-23-25-11-4-12-26-23)28-15-20(22(31)32)29-24(33)35-16-17-5-2-1-3-6-17/h1-3,5-10,20H,4,11-16H2,(H,28,30)(H,29,33)(H,31,32)(H2,25,26,27). The molecule has 0 radical (unpaired) electrons. The number of carboxylic acids is 1. The van der Waals surface area contributed by atoms with Crippen LogP contribution >= 0.6 is 0 Å². The third-order valence-corrected chi connectivity index (χ3v) is 4.95. The van der Waals surface area contributed by atoms with E-state index < -0.39 is 24.0 Å². The first-order valence-electron chi connectivity index (χ1n) is 11.2. The maximum atomic E-state index is 12.4. The number of nitrogens with zero attached hydrogens (tertiary/aromatic N) is 1. The van der Waals surface area contributed by atoms with E-state index in [4.69, 9.17) is 9.47 Å². The van der Waals surface area contributed by atoms with Crippen LogP contribution in [0, 0.1) is 0 Å². The van der Waals surface area contributed by atoms with Gasteiger partial charge in [0.1, 0.15) is 25.0 Å². The van der Waals surface area contributed by atoms with Crippen molar-refractivity contribution in [1.29, 1.82) is 0 Å². The Morgan fingerprint density at radius 3 is 2.54 bits per heavy atom. The number of amides is 2. The van der Waals surface area contributed by atoms with Crippen LogP contribution in [-0.4, -0.2) is 67.9 Å². The van der Waals surface area contributed by atoms with E-state index >= 15 is 0 Å². The molecule has 0 fully saturated rings. The number of carboxylic acid groups (broad SMARTS) is 1. The topological polar surface area (TPSA) is 150 Å². The number of alkyl carbamates (subject to hydrolysis) is 1. The normalized spacial score (nSPS) is 13.4. The largest absolute Gasteiger partial charge is 0.492 e. The summed E-state index contributed by atoms with van der Waals surface area (Å²) in [6, 6.07) is 14.1. The second-order valence-corrected chi connectivity index (χ2v) is 7.62. The van der Waals surface area contributed by atoms with Gasteiger partial charge in [0.05, 0.1) is 6.54 Å². The zero-order valence-electron chi connectivity index (χ0n) is 19.2. The van der Waals surface area contributed by atoms with E-state index in [0.717, 1.165) is 31.0 Å². The summed E-state index contributed by atoms with van der Waals surface area (Å²) >= 11 is 0. The van der Waals surface area contributed by atoms with Crippen molar-refractivity contribution in [2.24, 2.45) is 4.99 Å². The van der Waals surface area contributed by atoms with Crippen molar-refractivity contribution < 1.29 is 29.0 Å². The van der Waals surface area contributed by atoms with E-state index in [1.807, 2.05) is 6.07 Å². The van der Waals surface area contributed by atoms with Gasteiger partial charge in [0, 0.05) is 25.2 Å². The number of hydrogen-bond acceptors (Lipinski definition) is 8. The fourth-order valence-electron chi connectivity index (χ4n) is 3.10. The van der Waals surface area contributed by atoms with Gasteiger partial charge in [-0.3, -0.25) is 9.79 Å². The van der Waals surface area contributed by atoms with E-state index in [1.165, 1.54) is 0 Å². The van der Waals surface area contributed by atoms with E-state index in [0.29, 0.717) is 24.5 Å². The molecule has 0 saturated carbocycles. The molecule has 1 aliphatic rings. The predicted molar refractivity (Wildman–Crippen MR) is 128 cm³/mol. The molecule has 0 aliphatic carbocycles. The Labute approximate surface area is 202 Å². The molecule has 2 aromatic carbocycles. The van der Waals surface area contributed by atoms with Crippen molar-refractivity contribution in [3.63, 3.8) is 0 Å². The monoisotopic (exact) mass is 483 g/mol. The highest BCUT2D eigenvalue weighted by Crippen LogP contribution is 2.12. The van der Waals surface area contributed by atoms with Crippen LogP contribution < -0.4 is 26.0 Å². The number of guanidine groups is 1. The Morgan fingerprint density at radius 1 is 1.09 bits per heavy atom. The zero-order valence-corrected chi connectivity index (χ0v) is 19.2. The number of aliphatic imine (C=N–C) groups is 1. The van der Waals surface area contributed by atoms with Crippen molar-refractivity contribution in [3.05, 3.63) is 65.7 Å². The lowest BCUT2D eigenvalue weighted by atomic mass is 10.2. The van der Waals surface area contributed by atoms with Gasteiger partial charge < -0.3 is 35.8 Å². The summed E-state index contributed by atoms with van der Waals surface area (Å²) in [6.07, 6.45) is 0.133. The Balaban J connectivity index is 1.38. The third kappa shape index (κ3) is 8.88. The average molecular weight is 484 g/mol. The fourth-order valence-corrected chi connectivity index (χ4v) is 3.10. The number of nitrogens with one attached hydrogen (secondary N) is 4. The molecule has 35 heavy (non-hydrogen) atoms. The molecule has 2 amide bonds. The number of hydrogen-bond donors (Lipinski definition) is 5. The Bertz CT molecular complexity index is 1010. The maximum Gasteiger partial charge on any atom is 0.408 e. The highest BCUT2D eigenvalue weighted by molar-refractivity contribution is 5.94. The van der Waals surface area contributed by atoms with Crippen LogP contribution in [-0.2, 0) is 16.1 Å². The molecule has 1 atom stereocenters. The van der Waals surface area contributed by atoms with Gasteiger partial charge in [-0.15, -0.1) is 0 Å². The van der Waals surface area contributed by atoms with Crippen LogP contribution in [0.4, 0.5) is 4.79 Å². The molecule has 1 heterocycles. The third-order valence-electron chi connectivity index (χ3n) is 4.95. The number of rotatable bonds is 11. The van der Waals surface area contributed by atoms with Crippen LogP contribution in [0.1, 0.15) is 22.3 Å². The lowest BCUT2D eigenvalue weighted by molar-refractivity contribution is -0.139. The predicted octanol–water partition coefficient (Wildman–Crippen LogP) is 1.11. The van der Waals surface area contributed by atoms with Crippen LogP contribution in [0.25, 0.3) is 0 Å². The van der Waals surface area contributed by atoms with Crippen molar-refractivity contribution in [2.45, 2.75) is 19.1 Å². The minimum Gasteiger partial charge on any atom is -0.492 e. The number of carbonyl (C=O) groups excluding carboxylic acids is 2. The molecular weight excluding hydrogens is 454 g/mol. The van der Waals surface area contributed by atoms with Crippen LogP contribution in [0.15, 0.2) is 59.6 Å². The molecule has 1 unspecified atom stereocenters. The van der Waals surface area contributed by atoms with Gasteiger partial charge in [-0.1, -0.05) is 30.3 Å². The molecule has 5 N–H and O–H groups in total. The smallest absolute Gasteiger partial charge is 0.408 e. The number of aliphatic carboxylic acids is 1. The first-order chi connectivity index (χ1) is 17.0. The fraction of sp³-hybridized carbons (Fsp3) is 0.333. The molecule has 186 valence electrons. The van der Waals surface area contributed by atoms with Gasteiger partial charge in [0.25, 0.3) is 5.91 Å². The van der Waals surface area contributed by atoms with Gasteiger partial charge >= 0.3 is 12.1 Å². The molecule has 0 saturated heterocycles. The summed E-state index contributed by atoms with van der Waals surface area (Å²) < 4.78 is 10.7. The van der Waals surface area contributed by atoms with Crippen LogP contribution in [0.5, 0.6) is 5.75 Å². The Hall–Kier alpha value is -4.28. The first kappa shape index (κ1) is 25.3. The molecule has 0 spiro atoms. The van der Waals surface area contributed by atoms with Gasteiger partial charge in [-0.05, 0) is 36.2 Å². The van der Waals surface area contributed by atoms with E-state index in [-0.39, 0.29) is 13.2 Å². The molecule has 0 bridgehead atoms. The van der Waals surface area contributed by atoms with E-state index in [9.17, 15) is 19.5 Å². The SMILES string of the molecule is O=C(NC(CNC(=O)c1ccc(OCCNC2=NCCCN2)cc1)C(=O)O)OCc1ccccc1. The second kappa shape index (κ2) is 13.4. The number of benzene rings is 2. The highest BCUT2D eigenvalue weighted by Gasteiger charge is 2.22. The van der Waals surface area contributed by atoms with Crippen LogP contribution in [0.2, 0.25) is 0 Å². The minimum atomic E-state index is -1.35. The Kier molecular flexibility index (Phi) is 9.73. The molecule has 1 aliphatic heterocycles. The van der Waals surface area contributed by atoms with Gasteiger partial charge in [0.15, 0.2) is 5.96 Å². The molecular formula is C24H29N5O6.